The standard InChI is InChI=1S/C16H15NO3/c1-19-12-9-7-11(8-10-12)14-15(16(18)17-14)20-13-5-3-2-4-6-13/h2-10,14-15H,1H3,(H,17,18)/t14-,15+/m1/s1. The highest BCUT2D eigenvalue weighted by molar-refractivity contribution is 5.89. The van der Waals surface area contributed by atoms with E-state index in [9.17, 15) is 4.79 Å². The molecule has 1 aliphatic heterocycles. The van der Waals surface area contributed by atoms with Gasteiger partial charge in [0.25, 0.3) is 5.91 Å². The number of β-lactam (4-membered cyclic amide) rings is 1. The van der Waals surface area contributed by atoms with E-state index in [-0.39, 0.29) is 11.9 Å². The Morgan fingerprint density at radius 2 is 1.65 bits per heavy atom. The van der Waals surface area contributed by atoms with Gasteiger partial charge in [-0.15, -0.1) is 0 Å². The van der Waals surface area contributed by atoms with Crippen LogP contribution in [-0.4, -0.2) is 19.1 Å². The van der Waals surface area contributed by atoms with E-state index >= 15 is 0 Å². The molecule has 1 fully saturated rings. The monoisotopic (exact) mass is 269 g/mol. The molecule has 1 aliphatic rings. The molecule has 2 aromatic rings. The van der Waals surface area contributed by atoms with Crippen molar-refractivity contribution in [2.24, 2.45) is 0 Å². The van der Waals surface area contributed by atoms with Crippen molar-refractivity contribution >= 4 is 5.91 Å². The fraction of sp³-hybridized carbons (Fsp3) is 0.188. The minimum Gasteiger partial charge on any atom is -0.497 e. The molecule has 4 heteroatoms. The minimum absolute atomic E-state index is 0.0883. The van der Waals surface area contributed by atoms with Crippen molar-refractivity contribution in [3.63, 3.8) is 0 Å². The number of rotatable bonds is 4. The first-order valence-electron chi connectivity index (χ1n) is 6.44. The molecule has 20 heavy (non-hydrogen) atoms. The van der Waals surface area contributed by atoms with Crippen molar-refractivity contribution in [3.8, 4) is 11.5 Å². The number of carbonyl (C=O) groups excluding carboxylic acids is 1. The van der Waals surface area contributed by atoms with Gasteiger partial charge >= 0.3 is 0 Å². The van der Waals surface area contributed by atoms with Gasteiger partial charge in [-0.1, -0.05) is 30.3 Å². The van der Waals surface area contributed by atoms with E-state index < -0.39 is 6.10 Å². The second-order valence-electron chi connectivity index (χ2n) is 4.61. The molecule has 0 radical (unpaired) electrons. The Bertz CT molecular complexity index is 595. The van der Waals surface area contributed by atoms with Gasteiger partial charge in [-0.05, 0) is 29.8 Å². The van der Waals surface area contributed by atoms with Gasteiger partial charge < -0.3 is 14.8 Å². The highest BCUT2D eigenvalue weighted by atomic mass is 16.5. The maximum absolute atomic E-state index is 11.7. The van der Waals surface area contributed by atoms with Gasteiger partial charge in [0.2, 0.25) is 6.10 Å². The number of hydrogen-bond acceptors (Lipinski definition) is 3. The summed E-state index contributed by atoms with van der Waals surface area (Å²) in [4.78, 5) is 11.7. The Balaban J connectivity index is 1.75. The first-order valence-corrected chi connectivity index (χ1v) is 6.44. The number of hydrogen-bond donors (Lipinski definition) is 1. The summed E-state index contributed by atoms with van der Waals surface area (Å²) in [6, 6.07) is 16.9. The van der Waals surface area contributed by atoms with Crippen molar-refractivity contribution in [2.45, 2.75) is 12.1 Å². The molecule has 2 aromatic carbocycles. The van der Waals surface area contributed by atoms with Crippen molar-refractivity contribution in [1.29, 1.82) is 0 Å². The summed E-state index contributed by atoms with van der Waals surface area (Å²) in [6.45, 7) is 0. The molecular weight excluding hydrogens is 254 g/mol. The molecule has 3 rings (SSSR count). The average molecular weight is 269 g/mol. The van der Waals surface area contributed by atoms with E-state index in [1.807, 2.05) is 54.6 Å². The molecule has 102 valence electrons. The molecule has 1 amide bonds. The van der Waals surface area contributed by atoms with Crippen LogP contribution >= 0.6 is 0 Å². The fourth-order valence-electron chi connectivity index (χ4n) is 2.20. The van der Waals surface area contributed by atoms with Gasteiger partial charge in [0, 0.05) is 0 Å². The van der Waals surface area contributed by atoms with Gasteiger partial charge in [-0.25, -0.2) is 0 Å². The second-order valence-corrected chi connectivity index (χ2v) is 4.61. The molecule has 0 unspecified atom stereocenters. The van der Waals surface area contributed by atoms with Crippen LogP contribution in [0.5, 0.6) is 11.5 Å². The van der Waals surface area contributed by atoms with Gasteiger partial charge in [0.15, 0.2) is 0 Å². The number of methoxy groups -OCH3 is 1. The Hall–Kier alpha value is -2.49. The molecule has 0 aromatic heterocycles. The molecule has 0 bridgehead atoms. The van der Waals surface area contributed by atoms with Crippen LogP contribution in [0.25, 0.3) is 0 Å². The van der Waals surface area contributed by atoms with Crippen LogP contribution in [0.1, 0.15) is 11.6 Å². The molecule has 4 nitrogen and oxygen atoms in total. The highest BCUT2D eigenvalue weighted by Gasteiger charge is 2.42. The lowest BCUT2D eigenvalue weighted by Crippen LogP contribution is -2.58. The third-order valence-corrected chi connectivity index (χ3v) is 3.34. The topological polar surface area (TPSA) is 47.6 Å². The van der Waals surface area contributed by atoms with Gasteiger partial charge in [-0.3, -0.25) is 4.79 Å². The molecule has 0 saturated carbocycles. The van der Waals surface area contributed by atoms with Crippen LogP contribution in [-0.2, 0) is 4.79 Å². The smallest absolute Gasteiger partial charge is 0.264 e. The minimum atomic E-state index is -0.481. The lowest BCUT2D eigenvalue weighted by molar-refractivity contribution is -0.140. The van der Waals surface area contributed by atoms with Crippen molar-refractivity contribution in [2.75, 3.05) is 7.11 Å². The molecule has 1 saturated heterocycles. The van der Waals surface area contributed by atoms with Crippen molar-refractivity contribution < 1.29 is 14.3 Å². The van der Waals surface area contributed by atoms with E-state index in [0.717, 1.165) is 11.3 Å². The fourth-order valence-corrected chi connectivity index (χ4v) is 2.20. The van der Waals surface area contributed by atoms with Crippen LogP contribution < -0.4 is 14.8 Å². The number of carbonyl (C=O) groups is 1. The summed E-state index contributed by atoms with van der Waals surface area (Å²) in [5.41, 5.74) is 1.01. The zero-order valence-electron chi connectivity index (χ0n) is 11.1. The van der Waals surface area contributed by atoms with Gasteiger partial charge in [0.05, 0.1) is 7.11 Å². The predicted octanol–water partition coefficient (Wildman–Crippen LogP) is 2.31. The SMILES string of the molecule is COc1ccc([C@H]2NC(=O)[C@H]2Oc2ccccc2)cc1. The Labute approximate surface area is 117 Å². The number of nitrogens with one attached hydrogen (secondary N) is 1. The maximum atomic E-state index is 11.7. The average Bonchev–Trinajstić information content (AvgIpc) is 2.51. The van der Waals surface area contributed by atoms with E-state index in [4.69, 9.17) is 9.47 Å². The van der Waals surface area contributed by atoms with Gasteiger partial charge in [0.1, 0.15) is 17.5 Å². The lowest BCUT2D eigenvalue weighted by Gasteiger charge is -2.36. The lowest BCUT2D eigenvalue weighted by atomic mass is 9.94. The van der Waals surface area contributed by atoms with Crippen LogP contribution in [0, 0.1) is 0 Å². The van der Waals surface area contributed by atoms with Crippen LogP contribution in [0.4, 0.5) is 0 Å². The molecule has 1 N–H and O–H groups in total. The zero-order chi connectivity index (χ0) is 13.9. The third kappa shape index (κ3) is 2.32. The number of ether oxygens (including phenoxy) is 2. The highest BCUT2D eigenvalue weighted by Crippen LogP contribution is 2.29. The van der Waals surface area contributed by atoms with Crippen LogP contribution in [0.3, 0.4) is 0 Å². The molecule has 1 heterocycles. The van der Waals surface area contributed by atoms with Crippen molar-refractivity contribution in [1.82, 2.24) is 5.32 Å². The van der Waals surface area contributed by atoms with E-state index in [0.29, 0.717) is 5.75 Å². The summed E-state index contributed by atoms with van der Waals surface area (Å²) in [7, 11) is 1.63. The zero-order valence-corrected chi connectivity index (χ0v) is 11.1. The summed E-state index contributed by atoms with van der Waals surface area (Å²) >= 11 is 0. The number of amides is 1. The number of para-hydroxylation sites is 1. The summed E-state index contributed by atoms with van der Waals surface area (Å²) in [6.07, 6.45) is -0.481. The molecule has 0 spiro atoms. The number of benzene rings is 2. The third-order valence-electron chi connectivity index (χ3n) is 3.34. The summed E-state index contributed by atoms with van der Waals surface area (Å²) < 4.78 is 10.9. The second kappa shape index (κ2) is 5.25. The van der Waals surface area contributed by atoms with Gasteiger partial charge in [-0.2, -0.15) is 0 Å². The summed E-state index contributed by atoms with van der Waals surface area (Å²) in [5.74, 6) is 1.40. The maximum Gasteiger partial charge on any atom is 0.264 e. The normalized spacial score (nSPS) is 20.8. The molecule has 2 atom stereocenters. The molecule has 0 aliphatic carbocycles. The van der Waals surface area contributed by atoms with E-state index in [1.54, 1.807) is 7.11 Å². The van der Waals surface area contributed by atoms with Crippen molar-refractivity contribution in [3.05, 3.63) is 60.2 Å². The summed E-state index contributed by atoms with van der Waals surface area (Å²) in [5, 5.41) is 2.86. The molecular formula is C16H15NO3. The van der Waals surface area contributed by atoms with Crippen LogP contribution in [0.15, 0.2) is 54.6 Å². The Morgan fingerprint density at radius 1 is 0.950 bits per heavy atom. The Morgan fingerprint density at radius 3 is 2.25 bits per heavy atom. The first-order chi connectivity index (χ1) is 9.78. The quantitative estimate of drug-likeness (QED) is 0.866. The van der Waals surface area contributed by atoms with Crippen LogP contribution in [0.2, 0.25) is 0 Å². The van der Waals surface area contributed by atoms with E-state index in [2.05, 4.69) is 5.32 Å². The predicted molar refractivity (Wildman–Crippen MR) is 74.7 cm³/mol. The van der Waals surface area contributed by atoms with E-state index in [1.165, 1.54) is 0 Å². The first kappa shape index (κ1) is 12.5. The largest absolute Gasteiger partial charge is 0.497 e. The Kier molecular flexibility index (Phi) is 3.29.